The van der Waals surface area contributed by atoms with Gasteiger partial charge in [0, 0.05) is 18.8 Å². The number of unbranched alkanes of at least 4 members (excludes halogenated alkanes) is 9. The fourth-order valence-corrected chi connectivity index (χ4v) is 2.52. The maximum Gasteiger partial charge on any atom is 0.328 e. The Kier molecular flexibility index (Phi) is 10.1. The van der Waals surface area contributed by atoms with Crippen molar-refractivity contribution in [3.05, 3.63) is 24.3 Å². The number of aromatic nitrogens is 2. The van der Waals surface area contributed by atoms with E-state index in [1.165, 1.54) is 63.9 Å². The molecule has 0 atom stereocenters. The molecule has 1 N–H and O–H groups in total. The number of carboxylic acid groups (broad SMARTS) is 1. The lowest BCUT2D eigenvalue weighted by Crippen LogP contribution is -1.94. The summed E-state index contributed by atoms with van der Waals surface area (Å²) in [7, 11) is 0. The summed E-state index contributed by atoms with van der Waals surface area (Å²) in [5.41, 5.74) is 0.703. The molecule has 0 aliphatic carbocycles. The molecule has 1 aromatic rings. The highest BCUT2D eigenvalue weighted by atomic mass is 16.4. The molecule has 1 aromatic heterocycles. The van der Waals surface area contributed by atoms with Gasteiger partial charge in [0.05, 0.1) is 12.0 Å². The van der Waals surface area contributed by atoms with Crippen LogP contribution in [0.5, 0.6) is 0 Å². The van der Waals surface area contributed by atoms with Crippen molar-refractivity contribution in [2.24, 2.45) is 0 Å². The van der Waals surface area contributed by atoms with Crippen molar-refractivity contribution in [1.82, 2.24) is 9.55 Å². The van der Waals surface area contributed by atoms with Gasteiger partial charge in [0.15, 0.2) is 0 Å². The Bertz CT molecular complexity index is 438. The van der Waals surface area contributed by atoms with Gasteiger partial charge in [-0.2, -0.15) is 0 Å². The topological polar surface area (TPSA) is 55.1 Å². The van der Waals surface area contributed by atoms with Gasteiger partial charge < -0.3 is 9.67 Å². The summed E-state index contributed by atoms with van der Waals surface area (Å²) in [4.78, 5) is 14.6. The predicted molar refractivity (Wildman–Crippen MR) is 90.7 cm³/mol. The van der Waals surface area contributed by atoms with Gasteiger partial charge in [0.1, 0.15) is 0 Å². The maximum absolute atomic E-state index is 10.4. The van der Waals surface area contributed by atoms with Crippen LogP contribution in [0.3, 0.4) is 0 Å². The standard InChI is InChI=1S/C18H30N2O2/c1-2-3-4-5-6-7-8-9-10-11-14-20-15-17(19-16-20)12-13-18(21)22/h12-13,15-16H,2-11,14H2,1H3,(H,21,22)/b13-12+. The second-order valence-corrected chi connectivity index (χ2v) is 5.89. The second kappa shape index (κ2) is 12.0. The Morgan fingerprint density at radius 1 is 1.09 bits per heavy atom. The molecule has 0 bridgehead atoms. The van der Waals surface area contributed by atoms with Crippen molar-refractivity contribution < 1.29 is 9.90 Å². The van der Waals surface area contributed by atoms with Crippen molar-refractivity contribution >= 4 is 12.0 Å². The molecule has 0 radical (unpaired) electrons. The number of carbonyl (C=O) groups is 1. The van der Waals surface area contributed by atoms with Crippen molar-refractivity contribution in [3.63, 3.8) is 0 Å². The summed E-state index contributed by atoms with van der Waals surface area (Å²) in [6.07, 6.45) is 19.7. The molecule has 4 nitrogen and oxygen atoms in total. The first kappa shape index (κ1) is 18.5. The zero-order chi connectivity index (χ0) is 16.0. The van der Waals surface area contributed by atoms with E-state index in [9.17, 15) is 4.79 Å². The molecule has 22 heavy (non-hydrogen) atoms. The summed E-state index contributed by atoms with van der Waals surface area (Å²) >= 11 is 0. The number of nitrogens with zero attached hydrogens (tertiary/aromatic N) is 2. The van der Waals surface area contributed by atoms with Crippen LogP contribution in [0.1, 0.15) is 76.8 Å². The lowest BCUT2D eigenvalue weighted by atomic mass is 10.1. The van der Waals surface area contributed by atoms with E-state index in [4.69, 9.17) is 5.11 Å². The number of aryl methyl sites for hydroxylation is 1. The van der Waals surface area contributed by atoms with E-state index in [-0.39, 0.29) is 0 Å². The van der Waals surface area contributed by atoms with Crippen LogP contribution in [0.4, 0.5) is 0 Å². The molecular weight excluding hydrogens is 276 g/mol. The van der Waals surface area contributed by atoms with Gasteiger partial charge in [0.25, 0.3) is 0 Å². The highest BCUT2D eigenvalue weighted by Gasteiger charge is 1.97. The molecule has 1 heterocycles. The van der Waals surface area contributed by atoms with E-state index >= 15 is 0 Å². The summed E-state index contributed by atoms with van der Waals surface area (Å²) in [5, 5.41) is 8.56. The number of imidazole rings is 1. The summed E-state index contributed by atoms with van der Waals surface area (Å²) in [5.74, 6) is -0.941. The van der Waals surface area contributed by atoms with Crippen LogP contribution in [0.2, 0.25) is 0 Å². The van der Waals surface area contributed by atoms with Crippen molar-refractivity contribution in [2.45, 2.75) is 77.7 Å². The maximum atomic E-state index is 10.4. The van der Waals surface area contributed by atoms with Gasteiger partial charge in [0.2, 0.25) is 0 Å². The minimum atomic E-state index is -0.941. The zero-order valence-corrected chi connectivity index (χ0v) is 13.8. The first-order valence-electron chi connectivity index (χ1n) is 8.65. The Hall–Kier alpha value is -1.58. The number of hydrogen-bond acceptors (Lipinski definition) is 2. The third-order valence-electron chi connectivity index (χ3n) is 3.82. The van der Waals surface area contributed by atoms with E-state index in [2.05, 4.69) is 11.9 Å². The van der Waals surface area contributed by atoms with Gasteiger partial charge in [-0.25, -0.2) is 9.78 Å². The fraction of sp³-hybridized carbons (Fsp3) is 0.667. The van der Waals surface area contributed by atoms with E-state index in [0.717, 1.165) is 19.0 Å². The minimum Gasteiger partial charge on any atom is -0.478 e. The van der Waals surface area contributed by atoms with Crippen molar-refractivity contribution in [2.75, 3.05) is 0 Å². The van der Waals surface area contributed by atoms with Crippen LogP contribution >= 0.6 is 0 Å². The molecule has 4 heteroatoms. The van der Waals surface area contributed by atoms with Gasteiger partial charge in [-0.3, -0.25) is 0 Å². The lowest BCUT2D eigenvalue weighted by molar-refractivity contribution is -0.131. The minimum absolute atomic E-state index is 0.703. The zero-order valence-electron chi connectivity index (χ0n) is 13.8. The molecule has 0 saturated carbocycles. The molecule has 0 aliphatic heterocycles. The number of rotatable bonds is 13. The molecule has 124 valence electrons. The summed E-state index contributed by atoms with van der Waals surface area (Å²) in [6.45, 7) is 3.22. The monoisotopic (exact) mass is 306 g/mol. The van der Waals surface area contributed by atoms with Crippen molar-refractivity contribution in [3.8, 4) is 0 Å². The van der Waals surface area contributed by atoms with Crippen LogP contribution in [-0.4, -0.2) is 20.6 Å². The largest absolute Gasteiger partial charge is 0.478 e. The van der Waals surface area contributed by atoms with Crippen LogP contribution in [0, 0.1) is 0 Å². The van der Waals surface area contributed by atoms with E-state index in [1.807, 2.05) is 10.8 Å². The molecule has 0 spiro atoms. The molecule has 0 aromatic carbocycles. The first-order chi connectivity index (χ1) is 10.7. The molecule has 0 unspecified atom stereocenters. The smallest absolute Gasteiger partial charge is 0.328 e. The second-order valence-electron chi connectivity index (χ2n) is 5.89. The van der Waals surface area contributed by atoms with Gasteiger partial charge in [-0.15, -0.1) is 0 Å². The van der Waals surface area contributed by atoms with E-state index in [0.29, 0.717) is 5.69 Å². The molecule has 0 amide bonds. The van der Waals surface area contributed by atoms with Gasteiger partial charge in [-0.05, 0) is 12.5 Å². The SMILES string of the molecule is CCCCCCCCCCCCn1cnc(/C=C/C(=O)O)c1. The quantitative estimate of drug-likeness (QED) is 0.416. The van der Waals surface area contributed by atoms with Crippen LogP contribution in [-0.2, 0) is 11.3 Å². The normalized spacial score (nSPS) is 11.3. The van der Waals surface area contributed by atoms with Gasteiger partial charge >= 0.3 is 5.97 Å². The highest BCUT2D eigenvalue weighted by Crippen LogP contribution is 2.11. The summed E-state index contributed by atoms with van der Waals surface area (Å²) in [6, 6.07) is 0. The van der Waals surface area contributed by atoms with Crippen molar-refractivity contribution in [1.29, 1.82) is 0 Å². The lowest BCUT2D eigenvalue weighted by Gasteiger charge is -2.03. The fourth-order valence-electron chi connectivity index (χ4n) is 2.52. The van der Waals surface area contributed by atoms with Crippen LogP contribution in [0.25, 0.3) is 6.08 Å². The molecule has 1 rings (SSSR count). The number of aliphatic carboxylic acids is 1. The van der Waals surface area contributed by atoms with E-state index < -0.39 is 5.97 Å². The average molecular weight is 306 g/mol. The average Bonchev–Trinajstić information content (AvgIpc) is 2.95. The molecule has 0 saturated heterocycles. The Morgan fingerprint density at radius 3 is 2.27 bits per heavy atom. The molecule has 0 aliphatic rings. The first-order valence-corrected chi connectivity index (χ1v) is 8.65. The highest BCUT2D eigenvalue weighted by molar-refractivity contribution is 5.84. The summed E-state index contributed by atoms with van der Waals surface area (Å²) < 4.78 is 2.03. The molecular formula is C18H30N2O2. The van der Waals surface area contributed by atoms with Crippen LogP contribution < -0.4 is 0 Å². The predicted octanol–water partition coefficient (Wildman–Crippen LogP) is 4.90. The Morgan fingerprint density at radius 2 is 1.68 bits per heavy atom. The molecule has 0 fully saturated rings. The number of hydrogen-bond donors (Lipinski definition) is 1. The van der Waals surface area contributed by atoms with E-state index in [1.54, 1.807) is 6.33 Å². The Balaban J connectivity index is 2.00. The Labute approximate surface area is 134 Å². The third kappa shape index (κ3) is 9.37. The van der Waals surface area contributed by atoms with Crippen LogP contribution in [0.15, 0.2) is 18.6 Å². The van der Waals surface area contributed by atoms with Gasteiger partial charge in [-0.1, -0.05) is 64.7 Å². The number of carboxylic acids is 1. The third-order valence-corrected chi connectivity index (χ3v) is 3.82.